The monoisotopic (exact) mass is 291 g/mol. The van der Waals surface area contributed by atoms with Crippen molar-refractivity contribution in [2.24, 2.45) is 0 Å². The van der Waals surface area contributed by atoms with Gasteiger partial charge in [-0.25, -0.2) is 4.98 Å². The number of pyridine rings is 1. The number of para-hydroxylation sites is 1. The first-order valence-electron chi connectivity index (χ1n) is 6.32. The molecule has 0 atom stereocenters. The van der Waals surface area contributed by atoms with E-state index in [1.807, 2.05) is 26.0 Å². The second kappa shape index (κ2) is 5.92. The highest BCUT2D eigenvalue weighted by atomic mass is 32.2. The standard InChI is InChI=1S/C14H17N3O2S/c1-3-15-13-9-6-10-16-14(13)20(18,19)17-12-8-5-4-7-11(12)2/h4-10,15,17H,3H2,1-2H3. The van der Waals surface area contributed by atoms with Gasteiger partial charge in [0.15, 0.2) is 5.03 Å². The van der Waals surface area contributed by atoms with Gasteiger partial charge in [-0.2, -0.15) is 8.42 Å². The van der Waals surface area contributed by atoms with Crippen molar-refractivity contribution >= 4 is 21.4 Å². The molecule has 0 aliphatic heterocycles. The van der Waals surface area contributed by atoms with Crippen molar-refractivity contribution in [2.45, 2.75) is 18.9 Å². The smallest absolute Gasteiger partial charge is 0.281 e. The molecular weight excluding hydrogens is 274 g/mol. The van der Waals surface area contributed by atoms with Gasteiger partial charge in [0, 0.05) is 12.7 Å². The minimum Gasteiger partial charge on any atom is -0.383 e. The average molecular weight is 291 g/mol. The highest BCUT2D eigenvalue weighted by molar-refractivity contribution is 7.92. The third kappa shape index (κ3) is 3.08. The molecular formula is C14H17N3O2S. The number of benzene rings is 1. The molecule has 0 saturated carbocycles. The molecule has 106 valence electrons. The number of nitrogens with one attached hydrogen (secondary N) is 2. The summed E-state index contributed by atoms with van der Waals surface area (Å²) in [6.45, 7) is 4.37. The lowest BCUT2D eigenvalue weighted by Gasteiger charge is -2.13. The number of hydrogen-bond acceptors (Lipinski definition) is 4. The maximum atomic E-state index is 12.4. The van der Waals surface area contributed by atoms with E-state index >= 15 is 0 Å². The minimum absolute atomic E-state index is 0.00473. The summed E-state index contributed by atoms with van der Waals surface area (Å²) in [4.78, 5) is 3.98. The topological polar surface area (TPSA) is 71.1 Å². The number of aromatic nitrogens is 1. The van der Waals surface area contributed by atoms with Gasteiger partial charge in [0.2, 0.25) is 0 Å². The van der Waals surface area contributed by atoms with E-state index in [9.17, 15) is 8.42 Å². The lowest BCUT2D eigenvalue weighted by Crippen LogP contribution is -2.17. The van der Waals surface area contributed by atoms with Crippen molar-refractivity contribution in [2.75, 3.05) is 16.6 Å². The molecule has 1 aromatic heterocycles. The second-order valence-corrected chi connectivity index (χ2v) is 5.90. The summed E-state index contributed by atoms with van der Waals surface area (Å²) in [5, 5.41) is 3.01. The number of anilines is 2. The van der Waals surface area contributed by atoms with Crippen LogP contribution in [0.25, 0.3) is 0 Å². The number of hydrogen-bond donors (Lipinski definition) is 2. The molecule has 2 N–H and O–H groups in total. The fraction of sp³-hybridized carbons (Fsp3) is 0.214. The zero-order valence-corrected chi connectivity index (χ0v) is 12.2. The summed E-state index contributed by atoms with van der Waals surface area (Å²) in [6.07, 6.45) is 1.47. The number of aryl methyl sites for hydroxylation is 1. The van der Waals surface area contributed by atoms with Crippen LogP contribution in [0.3, 0.4) is 0 Å². The molecule has 0 radical (unpaired) electrons. The second-order valence-electron chi connectivity index (χ2n) is 4.31. The lowest BCUT2D eigenvalue weighted by molar-refractivity contribution is 0.598. The average Bonchev–Trinajstić information content (AvgIpc) is 2.42. The van der Waals surface area contributed by atoms with Gasteiger partial charge in [-0.1, -0.05) is 18.2 Å². The molecule has 1 aromatic carbocycles. The summed E-state index contributed by atoms with van der Waals surface area (Å²) >= 11 is 0. The Morgan fingerprint density at radius 3 is 2.50 bits per heavy atom. The van der Waals surface area contributed by atoms with Crippen molar-refractivity contribution in [1.29, 1.82) is 0 Å². The minimum atomic E-state index is -3.71. The summed E-state index contributed by atoms with van der Waals surface area (Å²) in [7, 11) is -3.71. The number of nitrogens with zero attached hydrogens (tertiary/aromatic N) is 1. The molecule has 2 aromatic rings. The highest BCUT2D eigenvalue weighted by Gasteiger charge is 2.20. The van der Waals surface area contributed by atoms with Gasteiger partial charge in [0.25, 0.3) is 10.0 Å². The van der Waals surface area contributed by atoms with Gasteiger partial charge >= 0.3 is 0 Å². The van der Waals surface area contributed by atoms with E-state index in [2.05, 4.69) is 15.0 Å². The summed E-state index contributed by atoms with van der Waals surface area (Å²) in [6, 6.07) is 10.6. The van der Waals surface area contributed by atoms with Crippen LogP contribution < -0.4 is 10.0 Å². The van der Waals surface area contributed by atoms with Gasteiger partial charge < -0.3 is 5.32 Å². The van der Waals surface area contributed by atoms with E-state index in [0.717, 1.165) is 5.56 Å². The van der Waals surface area contributed by atoms with Gasteiger partial charge in [-0.15, -0.1) is 0 Å². The Bertz CT molecular complexity index is 699. The fourth-order valence-electron chi connectivity index (χ4n) is 1.81. The van der Waals surface area contributed by atoms with Crippen LogP contribution >= 0.6 is 0 Å². The van der Waals surface area contributed by atoms with E-state index < -0.39 is 10.0 Å². The van der Waals surface area contributed by atoms with E-state index in [4.69, 9.17) is 0 Å². The van der Waals surface area contributed by atoms with Crippen LogP contribution in [0.2, 0.25) is 0 Å². The molecule has 20 heavy (non-hydrogen) atoms. The van der Waals surface area contributed by atoms with Crippen molar-refractivity contribution in [3.05, 3.63) is 48.2 Å². The summed E-state index contributed by atoms with van der Waals surface area (Å²) in [5.74, 6) is 0. The zero-order chi connectivity index (χ0) is 14.6. The Morgan fingerprint density at radius 1 is 1.10 bits per heavy atom. The van der Waals surface area contributed by atoms with Crippen LogP contribution in [0.1, 0.15) is 12.5 Å². The molecule has 0 spiro atoms. The van der Waals surface area contributed by atoms with E-state index in [1.54, 1.807) is 24.3 Å². The Labute approximate surface area is 119 Å². The Kier molecular flexibility index (Phi) is 4.24. The molecule has 0 aliphatic rings. The molecule has 0 unspecified atom stereocenters. The van der Waals surface area contributed by atoms with E-state index in [1.165, 1.54) is 6.20 Å². The molecule has 0 aliphatic carbocycles. The molecule has 0 fully saturated rings. The normalized spacial score (nSPS) is 11.1. The Balaban J connectivity index is 2.39. The first-order chi connectivity index (χ1) is 9.54. The lowest BCUT2D eigenvalue weighted by atomic mass is 10.2. The molecule has 0 amide bonds. The predicted octanol–water partition coefficient (Wildman–Crippen LogP) is 2.62. The largest absolute Gasteiger partial charge is 0.383 e. The van der Waals surface area contributed by atoms with Gasteiger partial charge in [0.05, 0.1) is 11.4 Å². The van der Waals surface area contributed by atoms with E-state index in [0.29, 0.717) is 17.9 Å². The number of sulfonamides is 1. The molecule has 2 rings (SSSR count). The van der Waals surface area contributed by atoms with Crippen molar-refractivity contribution in [3.8, 4) is 0 Å². The summed E-state index contributed by atoms with van der Waals surface area (Å²) in [5.41, 5.74) is 1.91. The molecule has 6 heteroatoms. The Hall–Kier alpha value is -2.08. The SMILES string of the molecule is CCNc1cccnc1S(=O)(=O)Nc1ccccc1C. The van der Waals surface area contributed by atoms with Crippen molar-refractivity contribution in [1.82, 2.24) is 4.98 Å². The predicted molar refractivity (Wildman–Crippen MR) is 80.4 cm³/mol. The first kappa shape index (κ1) is 14.3. The molecule has 5 nitrogen and oxygen atoms in total. The van der Waals surface area contributed by atoms with Crippen molar-refractivity contribution in [3.63, 3.8) is 0 Å². The van der Waals surface area contributed by atoms with Crippen LogP contribution in [0, 0.1) is 6.92 Å². The third-order valence-electron chi connectivity index (χ3n) is 2.78. The van der Waals surface area contributed by atoms with Crippen LogP contribution in [-0.4, -0.2) is 19.9 Å². The maximum Gasteiger partial charge on any atom is 0.281 e. The van der Waals surface area contributed by atoms with Gasteiger partial charge in [0.1, 0.15) is 0 Å². The van der Waals surface area contributed by atoms with Crippen LogP contribution in [-0.2, 0) is 10.0 Å². The molecule has 0 bridgehead atoms. The quantitative estimate of drug-likeness (QED) is 0.888. The zero-order valence-electron chi connectivity index (χ0n) is 11.4. The van der Waals surface area contributed by atoms with Gasteiger partial charge in [-0.05, 0) is 37.6 Å². The van der Waals surface area contributed by atoms with Crippen LogP contribution in [0.5, 0.6) is 0 Å². The highest BCUT2D eigenvalue weighted by Crippen LogP contribution is 2.22. The van der Waals surface area contributed by atoms with Crippen molar-refractivity contribution < 1.29 is 8.42 Å². The van der Waals surface area contributed by atoms with E-state index in [-0.39, 0.29) is 5.03 Å². The van der Waals surface area contributed by atoms with Crippen LogP contribution in [0.4, 0.5) is 11.4 Å². The molecule has 0 saturated heterocycles. The Morgan fingerprint density at radius 2 is 1.80 bits per heavy atom. The van der Waals surface area contributed by atoms with Crippen LogP contribution in [0.15, 0.2) is 47.6 Å². The maximum absolute atomic E-state index is 12.4. The summed E-state index contributed by atoms with van der Waals surface area (Å²) < 4.78 is 27.4. The first-order valence-corrected chi connectivity index (χ1v) is 7.80. The third-order valence-corrected chi connectivity index (χ3v) is 4.11. The fourth-order valence-corrected chi connectivity index (χ4v) is 3.06. The van der Waals surface area contributed by atoms with Gasteiger partial charge in [-0.3, -0.25) is 4.72 Å². The molecule has 1 heterocycles. The number of rotatable bonds is 5.